The molecule has 4 heteroatoms. The van der Waals surface area contributed by atoms with Crippen molar-refractivity contribution in [2.24, 2.45) is 0 Å². The summed E-state index contributed by atoms with van der Waals surface area (Å²) >= 11 is 5.64. The van der Waals surface area contributed by atoms with Gasteiger partial charge in [-0.1, -0.05) is 25.4 Å². The predicted molar refractivity (Wildman–Crippen MR) is 51.5 cm³/mol. The molecule has 0 bridgehead atoms. The van der Waals surface area contributed by atoms with Crippen molar-refractivity contribution in [3.8, 4) is 0 Å². The molecule has 0 spiro atoms. The molecule has 0 fully saturated rings. The van der Waals surface area contributed by atoms with Gasteiger partial charge < -0.3 is 5.11 Å². The highest BCUT2D eigenvalue weighted by Gasteiger charge is 2.27. The average molecular weight is 221 g/mol. The molecule has 0 heterocycles. The molecule has 0 atom stereocenters. The maximum absolute atomic E-state index is 13.4. The molecule has 0 saturated heterocycles. The standard InChI is InChI=1S/C10H11ClF2O/c1-10(2,5-14)8-6(12)3-4-7(13)9(8)11/h3-4,14H,5H2,1-2H3. The number of rotatable bonds is 2. The minimum atomic E-state index is -0.886. The Labute approximate surface area is 86.3 Å². The zero-order chi connectivity index (χ0) is 10.9. The normalized spacial score (nSPS) is 11.9. The maximum atomic E-state index is 13.4. The number of hydrogen-bond donors (Lipinski definition) is 1. The topological polar surface area (TPSA) is 20.2 Å². The molecule has 0 aliphatic carbocycles. The van der Waals surface area contributed by atoms with E-state index in [1.807, 2.05) is 0 Å². The zero-order valence-electron chi connectivity index (χ0n) is 7.94. The summed E-state index contributed by atoms with van der Waals surface area (Å²) in [6.07, 6.45) is 0. The Morgan fingerprint density at radius 1 is 1.29 bits per heavy atom. The van der Waals surface area contributed by atoms with Crippen LogP contribution in [0.3, 0.4) is 0 Å². The van der Waals surface area contributed by atoms with Crippen molar-refractivity contribution in [3.05, 3.63) is 34.4 Å². The second kappa shape index (κ2) is 3.83. The number of benzene rings is 1. The minimum Gasteiger partial charge on any atom is -0.395 e. The van der Waals surface area contributed by atoms with Crippen molar-refractivity contribution in [1.82, 2.24) is 0 Å². The van der Waals surface area contributed by atoms with Crippen molar-refractivity contribution >= 4 is 11.6 Å². The summed E-state index contributed by atoms with van der Waals surface area (Å²) in [5.41, 5.74) is -0.870. The summed E-state index contributed by atoms with van der Waals surface area (Å²) in [5, 5.41) is 8.78. The number of hydrogen-bond acceptors (Lipinski definition) is 1. The second-order valence-electron chi connectivity index (χ2n) is 3.76. The third-order valence-corrected chi connectivity index (χ3v) is 2.49. The van der Waals surface area contributed by atoms with Crippen LogP contribution in [-0.2, 0) is 5.41 Å². The first kappa shape index (κ1) is 11.4. The Hall–Kier alpha value is -0.670. The van der Waals surface area contributed by atoms with Gasteiger partial charge in [-0.15, -0.1) is 0 Å². The van der Waals surface area contributed by atoms with Gasteiger partial charge in [0, 0.05) is 11.0 Å². The molecule has 0 aliphatic heterocycles. The first-order valence-electron chi connectivity index (χ1n) is 4.15. The first-order chi connectivity index (χ1) is 6.40. The molecule has 1 aromatic rings. The maximum Gasteiger partial charge on any atom is 0.142 e. The SMILES string of the molecule is CC(C)(CO)c1c(F)ccc(F)c1Cl. The van der Waals surface area contributed by atoms with Crippen LogP contribution in [0.4, 0.5) is 8.78 Å². The van der Waals surface area contributed by atoms with Gasteiger partial charge in [0.15, 0.2) is 0 Å². The zero-order valence-corrected chi connectivity index (χ0v) is 8.70. The highest BCUT2D eigenvalue weighted by Crippen LogP contribution is 2.33. The van der Waals surface area contributed by atoms with Crippen LogP contribution in [0.25, 0.3) is 0 Å². The number of halogens is 3. The van der Waals surface area contributed by atoms with E-state index in [1.165, 1.54) is 0 Å². The van der Waals surface area contributed by atoms with E-state index in [1.54, 1.807) is 13.8 Å². The van der Waals surface area contributed by atoms with E-state index in [0.717, 1.165) is 12.1 Å². The molecule has 14 heavy (non-hydrogen) atoms. The summed E-state index contributed by atoms with van der Waals surface area (Å²) < 4.78 is 26.4. The molecule has 0 aromatic heterocycles. The van der Waals surface area contributed by atoms with Crippen LogP contribution < -0.4 is 0 Å². The van der Waals surface area contributed by atoms with Crippen molar-refractivity contribution < 1.29 is 13.9 Å². The van der Waals surface area contributed by atoms with Crippen molar-refractivity contribution in [1.29, 1.82) is 0 Å². The van der Waals surface area contributed by atoms with Crippen molar-refractivity contribution in [2.75, 3.05) is 6.61 Å². The van der Waals surface area contributed by atoms with Gasteiger partial charge in [-0.25, -0.2) is 8.78 Å². The first-order valence-corrected chi connectivity index (χ1v) is 4.53. The molecule has 0 unspecified atom stereocenters. The van der Waals surface area contributed by atoms with E-state index in [9.17, 15) is 8.78 Å². The predicted octanol–water partition coefficient (Wildman–Crippen LogP) is 2.89. The minimum absolute atomic E-state index is 0.0154. The van der Waals surface area contributed by atoms with Crippen LogP contribution in [0.15, 0.2) is 12.1 Å². The molecular weight excluding hydrogens is 210 g/mol. The van der Waals surface area contributed by atoms with Gasteiger partial charge in [0.25, 0.3) is 0 Å². The fraction of sp³-hybridized carbons (Fsp3) is 0.400. The Balaban J connectivity index is 3.40. The molecule has 1 aromatic carbocycles. The molecule has 0 radical (unpaired) electrons. The van der Waals surface area contributed by atoms with Gasteiger partial charge in [0.05, 0.1) is 11.6 Å². The quantitative estimate of drug-likeness (QED) is 0.760. The van der Waals surface area contributed by atoms with Gasteiger partial charge in [0.1, 0.15) is 11.6 Å². The van der Waals surface area contributed by atoms with Crippen LogP contribution in [0, 0.1) is 11.6 Å². The number of aliphatic hydroxyl groups excluding tert-OH is 1. The van der Waals surface area contributed by atoms with E-state index in [0.29, 0.717) is 0 Å². The summed E-state index contributed by atoms with van der Waals surface area (Å²) in [7, 11) is 0. The van der Waals surface area contributed by atoms with Gasteiger partial charge in [-0.05, 0) is 12.1 Å². The van der Waals surface area contributed by atoms with Crippen LogP contribution >= 0.6 is 11.6 Å². The monoisotopic (exact) mass is 220 g/mol. The molecule has 0 saturated carbocycles. The molecule has 78 valence electrons. The molecule has 0 amide bonds. The van der Waals surface area contributed by atoms with E-state index in [4.69, 9.17) is 16.7 Å². The van der Waals surface area contributed by atoms with E-state index in [2.05, 4.69) is 0 Å². The van der Waals surface area contributed by atoms with E-state index < -0.39 is 17.0 Å². The highest BCUT2D eigenvalue weighted by molar-refractivity contribution is 6.31. The lowest BCUT2D eigenvalue weighted by Crippen LogP contribution is -2.24. The largest absolute Gasteiger partial charge is 0.395 e. The highest BCUT2D eigenvalue weighted by atomic mass is 35.5. The third kappa shape index (κ3) is 1.88. The van der Waals surface area contributed by atoms with Crippen molar-refractivity contribution in [2.45, 2.75) is 19.3 Å². The van der Waals surface area contributed by atoms with Crippen molar-refractivity contribution in [3.63, 3.8) is 0 Å². The Kier molecular flexibility index (Phi) is 3.12. The second-order valence-corrected chi connectivity index (χ2v) is 4.14. The summed E-state index contributed by atoms with van der Waals surface area (Å²) in [6, 6.07) is 1.97. The van der Waals surface area contributed by atoms with Crippen LogP contribution in [-0.4, -0.2) is 11.7 Å². The molecular formula is C10H11ClF2O. The smallest absolute Gasteiger partial charge is 0.142 e. The third-order valence-electron chi connectivity index (χ3n) is 2.12. The van der Waals surface area contributed by atoms with Gasteiger partial charge in [0.2, 0.25) is 0 Å². The average Bonchev–Trinajstić information content (AvgIpc) is 2.12. The molecule has 1 rings (SSSR count). The van der Waals surface area contributed by atoms with E-state index in [-0.39, 0.29) is 17.2 Å². The summed E-state index contributed by atoms with van der Waals surface area (Å²) in [5.74, 6) is -1.28. The molecule has 1 nitrogen and oxygen atoms in total. The Morgan fingerprint density at radius 3 is 2.29 bits per heavy atom. The lowest BCUT2D eigenvalue weighted by atomic mass is 9.85. The summed E-state index contributed by atoms with van der Waals surface area (Å²) in [4.78, 5) is 0. The Morgan fingerprint density at radius 2 is 1.79 bits per heavy atom. The molecule has 1 N–H and O–H groups in total. The van der Waals surface area contributed by atoms with Crippen LogP contribution in [0.5, 0.6) is 0 Å². The van der Waals surface area contributed by atoms with Crippen LogP contribution in [0.2, 0.25) is 5.02 Å². The van der Waals surface area contributed by atoms with E-state index >= 15 is 0 Å². The lowest BCUT2D eigenvalue weighted by molar-refractivity contribution is 0.214. The summed E-state index contributed by atoms with van der Waals surface area (Å²) in [6.45, 7) is 2.89. The fourth-order valence-corrected chi connectivity index (χ4v) is 1.64. The lowest BCUT2D eigenvalue weighted by Gasteiger charge is -2.24. The van der Waals surface area contributed by atoms with Gasteiger partial charge in [-0.3, -0.25) is 0 Å². The van der Waals surface area contributed by atoms with Gasteiger partial charge in [-0.2, -0.15) is 0 Å². The van der Waals surface area contributed by atoms with Gasteiger partial charge >= 0.3 is 0 Å². The molecule has 0 aliphatic rings. The Bertz CT molecular complexity index is 350. The van der Waals surface area contributed by atoms with Crippen LogP contribution in [0.1, 0.15) is 19.4 Å². The number of aliphatic hydroxyl groups is 1. The fourth-order valence-electron chi connectivity index (χ4n) is 1.23.